The lowest BCUT2D eigenvalue weighted by Crippen LogP contribution is -2.30. The molecule has 2 N–H and O–H groups in total. The molecule has 1 aromatic carbocycles. The molecule has 0 spiro atoms. The molecule has 2 aromatic rings. The Morgan fingerprint density at radius 2 is 2.12 bits per heavy atom. The van der Waals surface area contributed by atoms with Gasteiger partial charge >= 0.3 is 0 Å². The van der Waals surface area contributed by atoms with Crippen LogP contribution in [0.3, 0.4) is 0 Å². The van der Waals surface area contributed by atoms with Crippen LogP contribution < -0.4 is 5.73 Å². The Morgan fingerprint density at radius 3 is 2.65 bits per heavy atom. The van der Waals surface area contributed by atoms with Crippen molar-refractivity contribution in [3.63, 3.8) is 0 Å². The van der Waals surface area contributed by atoms with Gasteiger partial charge in [0.25, 0.3) is 0 Å². The van der Waals surface area contributed by atoms with E-state index in [9.17, 15) is 4.79 Å². The second-order valence-electron chi connectivity index (χ2n) is 3.78. The fourth-order valence-corrected chi connectivity index (χ4v) is 1.67. The van der Waals surface area contributed by atoms with E-state index in [0.29, 0.717) is 12.2 Å². The van der Waals surface area contributed by atoms with Gasteiger partial charge in [0.2, 0.25) is 5.91 Å². The topological polar surface area (TPSA) is 86.7 Å². The summed E-state index contributed by atoms with van der Waals surface area (Å²) in [4.78, 5) is 11.5. The van der Waals surface area contributed by atoms with Gasteiger partial charge < -0.3 is 5.73 Å². The van der Waals surface area contributed by atoms with Gasteiger partial charge in [-0.25, -0.2) is 4.68 Å². The number of primary amides is 1. The van der Waals surface area contributed by atoms with Crippen molar-refractivity contribution in [1.29, 1.82) is 0 Å². The number of carbonyl (C=O) groups is 1. The van der Waals surface area contributed by atoms with Crippen LogP contribution in [0.1, 0.15) is 17.4 Å². The number of nitrogens with zero attached hydrogens (tertiary/aromatic N) is 4. The molecule has 1 atom stereocenters. The van der Waals surface area contributed by atoms with Gasteiger partial charge in [-0.3, -0.25) is 4.79 Å². The number of hydrogen-bond donors (Lipinski definition) is 1. The van der Waals surface area contributed by atoms with E-state index in [0.717, 1.165) is 5.56 Å². The van der Waals surface area contributed by atoms with Crippen LogP contribution in [-0.4, -0.2) is 26.1 Å². The summed E-state index contributed by atoms with van der Waals surface area (Å²) in [6, 6.07) is 9.09. The van der Waals surface area contributed by atoms with Gasteiger partial charge in [-0.15, -0.1) is 5.10 Å². The molecule has 0 radical (unpaired) electrons. The van der Waals surface area contributed by atoms with Crippen molar-refractivity contribution in [2.75, 3.05) is 0 Å². The highest BCUT2D eigenvalue weighted by atomic mass is 16.1. The van der Waals surface area contributed by atoms with E-state index in [1.54, 1.807) is 6.92 Å². The van der Waals surface area contributed by atoms with Crippen molar-refractivity contribution in [1.82, 2.24) is 20.2 Å². The van der Waals surface area contributed by atoms with Crippen molar-refractivity contribution in [2.24, 2.45) is 5.73 Å². The van der Waals surface area contributed by atoms with E-state index in [1.165, 1.54) is 4.68 Å². The monoisotopic (exact) mass is 231 g/mol. The molecule has 1 aromatic heterocycles. The van der Waals surface area contributed by atoms with Crippen LogP contribution in [0.4, 0.5) is 0 Å². The second kappa shape index (κ2) is 4.73. The lowest BCUT2D eigenvalue weighted by Gasteiger charge is -2.13. The van der Waals surface area contributed by atoms with E-state index < -0.39 is 11.9 Å². The Balaban J connectivity index is 2.26. The average Bonchev–Trinajstić information content (AvgIpc) is 2.73. The summed E-state index contributed by atoms with van der Waals surface area (Å²) >= 11 is 0. The normalized spacial score (nSPS) is 12.3. The molecule has 0 aliphatic carbocycles. The van der Waals surface area contributed by atoms with Crippen LogP contribution in [-0.2, 0) is 11.2 Å². The first-order valence-corrected chi connectivity index (χ1v) is 5.26. The van der Waals surface area contributed by atoms with Gasteiger partial charge in [0, 0.05) is 6.42 Å². The Hall–Kier alpha value is -2.24. The zero-order valence-corrected chi connectivity index (χ0v) is 9.45. The number of carbonyl (C=O) groups excluding carboxylic acids is 1. The molecule has 1 amide bonds. The molecule has 0 saturated heterocycles. The van der Waals surface area contributed by atoms with Crippen LogP contribution in [0.15, 0.2) is 30.3 Å². The van der Waals surface area contributed by atoms with E-state index >= 15 is 0 Å². The molecule has 17 heavy (non-hydrogen) atoms. The lowest BCUT2D eigenvalue weighted by atomic mass is 10.1. The number of aromatic nitrogens is 4. The highest BCUT2D eigenvalue weighted by Crippen LogP contribution is 2.13. The van der Waals surface area contributed by atoms with E-state index in [-0.39, 0.29) is 0 Å². The maximum Gasteiger partial charge on any atom is 0.242 e. The Morgan fingerprint density at radius 1 is 1.41 bits per heavy atom. The smallest absolute Gasteiger partial charge is 0.242 e. The van der Waals surface area contributed by atoms with Gasteiger partial charge in [-0.1, -0.05) is 30.3 Å². The number of rotatable bonds is 4. The standard InChI is InChI=1S/C11H13N5O/c1-8-13-14-15-16(8)10(11(12)17)7-9-5-3-2-4-6-9/h2-6,10H,7H2,1H3,(H2,12,17). The number of hydrogen-bond acceptors (Lipinski definition) is 4. The van der Waals surface area contributed by atoms with Gasteiger partial charge in [0.15, 0.2) is 0 Å². The van der Waals surface area contributed by atoms with Crippen molar-refractivity contribution >= 4 is 5.91 Å². The van der Waals surface area contributed by atoms with Crippen LogP contribution in [0.5, 0.6) is 0 Å². The maximum absolute atomic E-state index is 11.5. The summed E-state index contributed by atoms with van der Waals surface area (Å²) in [5.41, 5.74) is 6.41. The van der Waals surface area contributed by atoms with Gasteiger partial charge in [0.1, 0.15) is 11.9 Å². The van der Waals surface area contributed by atoms with Gasteiger partial charge in [0.05, 0.1) is 0 Å². The van der Waals surface area contributed by atoms with E-state index in [1.807, 2.05) is 30.3 Å². The molecule has 0 bridgehead atoms. The zero-order chi connectivity index (χ0) is 12.3. The number of nitrogens with two attached hydrogens (primary N) is 1. The minimum Gasteiger partial charge on any atom is -0.368 e. The molecule has 2 rings (SSSR count). The molecule has 1 heterocycles. The average molecular weight is 231 g/mol. The lowest BCUT2D eigenvalue weighted by molar-refractivity contribution is -0.121. The molecule has 0 aliphatic rings. The largest absolute Gasteiger partial charge is 0.368 e. The summed E-state index contributed by atoms with van der Waals surface area (Å²) in [6.07, 6.45) is 0.488. The molecular weight excluding hydrogens is 218 g/mol. The molecule has 1 unspecified atom stereocenters. The minimum absolute atomic E-state index is 0.441. The second-order valence-corrected chi connectivity index (χ2v) is 3.78. The maximum atomic E-state index is 11.5. The number of aryl methyl sites for hydroxylation is 1. The Labute approximate surface area is 98.4 Å². The van der Waals surface area contributed by atoms with Crippen LogP contribution in [0.2, 0.25) is 0 Å². The quantitative estimate of drug-likeness (QED) is 0.817. The fraction of sp³-hybridized carbons (Fsp3) is 0.273. The number of benzene rings is 1. The third kappa shape index (κ3) is 2.47. The van der Waals surface area contributed by atoms with Crippen molar-refractivity contribution in [3.8, 4) is 0 Å². The van der Waals surface area contributed by atoms with E-state index in [2.05, 4.69) is 15.5 Å². The number of amides is 1. The molecule has 6 nitrogen and oxygen atoms in total. The SMILES string of the molecule is Cc1nnnn1C(Cc1ccccc1)C(N)=O. The Kier molecular flexibility index (Phi) is 3.13. The molecule has 0 aliphatic heterocycles. The minimum atomic E-state index is -0.549. The zero-order valence-electron chi connectivity index (χ0n) is 9.45. The van der Waals surface area contributed by atoms with Crippen molar-refractivity contribution < 1.29 is 4.79 Å². The third-order valence-corrected chi connectivity index (χ3v) is 2.55. The first kappa shape index (κ1) is 11.3. The third-order valence-electron chi connectivity index (χ3n) is 2.55. The molecule has 88 valence electrons. The van der Waals surface area contributed by atoms with E-state index in [4.69, 9.17) is 5.73 Å². The number of tetrazole rings is 1. The van der Waals surface area contributed by atoms with Crippen molar-refractivity contribution in [2.45, 2.75) is 19.4 Å². The van der Waals surface area contributed by atoms with Crippen LogP contribution in [0.25, 0.3) is 0 Å². The molecule has 0 saturated carbocycles. The summed E-state index contributed by atoms with van der Waals surface area (Å²) in [5, 5.41) is 11.1. The van der Waals surface area contributed by atoms with Gasteiger partial charge in [-0.2, -0.15) is 0 Å². The van der Waals surface area contributed by atoms with Crippen LogP contribution >= 0.6 is 0 Å². The highest BCUT2D eigenvalue weighted by molar-refractivity contribution is 5.78. The Bertz CT molecular complexity index is 508. The fourth-order valence-electron chi connectivity index (χ4n) is 1.67. The molecule has 6 heteroatoms. The van der Waals surface area contributed by atoms with Gasteiger partial charge in [-0.05, 0) is 22.9 Å². The summed E-state index contributed by atoms with van der Waals surface area (Å²) in [5.74, 6) is 0.133. The first-order valence-electron chi connectivity index (χ1n) is 5.26. The first-order chi connectivity index (χ1) is 8.18. The van der Waals surface area contributed by atoms with Crippen molar-refractivity contribution in [3.05, 3.63) is 41.7 Å². The molecular formula is C11H13N5O. The summed E-state index contributed by atoms with van der Waals surface area (Å²) in [7, 11) is 0. The molecule has 0 fully saturated rings. The van der Waals surface area contributed by atoms with Crippen LogP contribution in [0, 0.1) is 6.92 Å². The predicted molar refractivity (Wildman–Crippen MR) is 60.9 cm³/mol. The predicted octanol–water partition coefficient (Wildman–Crippen LogP) is 0.251. The summed E-state index contributed by atoms with van der Waals surface area (Å²) < 4.78 is 1.45. The highest BCUT2D eigenvalue weighted by Gasteiger charge is 2.21. The summed E-state index contributed by atoms with van der Waals surface area (Å²) in [6.45, 7) is 1.74.